The highest BCUT2D eigenvalue weighted by Crippen LogP contribution is 2.37. The van der Waals surface area contributed by atoms with E-state index in [-0.39, 0.29) is 17.8 Å². The second kappa shape index (κ2) is 12.9. The summed E-state index contributed by atoms with van der Waals surface area (Å²) >= 11 is 0. The number of rotatable bonds is 14. The topological polar surface area (TPSA) is 57.5 Å². The van der Waals surface area contributed by atoms with Crippen molar-refractivity contribution in [3.8, 4) is 5.75 Å². The number of hydrogen-bond acceptors (Lipinski definition) is 2. The van der Waals surface area contributed by atoms with E-state index in [0.717, 1.165) is 29.5 Å². The van der Waals surface area contributed by atoms with Crippen LogP contribution in [0.3, 0.4) is 0 Å². The van der Waals surface area contributed by atoms with Crippen molar-refractivity contribution >= 4 is 5.97 Å². The van der Waals surface area contributed by atoms with Gasteiger partial charge >= 0.3 is 5.97 Å². The number of carboxylic acids is 1. The standard InChI is InChI=1S/C26H44O3/c1-6-7-8-9-10-11-12-13-14-15-16-21(19-24(27)28)22-17-20(2)25(29)23(18-22)26(3,4)5/h17-18,21,29H,6-16,19H2,1-5H3,(H,27,28). The van der Waals surface area contributed by atoms with E-state index in [0.29, 0.717) is 5.75 Å². The van der Waals surface area contributed by atoms with Gasteiger partial charge in [0.1, 0.15) is 5.75 Å². The van der Waals surface area contributed by atoms with Gasteiger partial charge in [0.05, 0.1) is 6.42 Å². The van der Waals surface area contributed by atoms with Crippen molar-refractivity contribution in [3.05, 3.63) is 28.8 Å². The highest BCUT2D eigenvalue weighted by atomic mass is 16.4. The first-order valence-corrected chi connectivity index (χ1v) is 11.7. The summed E-state index contributed by atoms with van der Waals surface area (Å²) in [5.74, 6) is -0.388. The molecule has 1 atom stereocenters. The van der Waals surface area contributed by atoms with E-state index in [1.165, 1.54) is 57.8 Å². The SMILES string of the molecule is CCCCCCCCCCCCC(CC(=O)O)c1cc(C)c(O)c(C(C)(C)C)c1. The molecule has 0 aromatic heterocycles. The van der Waals surface area contributed by atoms with Crippen molar-refractivity contribution in [1.29, 1.82) is 0 Å². The van der Waals surface area contributed by atoms with Crippen molar-refractivity contribution in [3.63, 3.8) is 0 Å². The van der Waals surface area contributed by atoms with E-state index in [9.17, 15) is 15.0 Å². The van der Waals surface area contributed by atoms with Crippen LogP contribution in [0, 0.1) is 6.92 Å². The monoisotopic (exact) mass is 404 g/mol. The molecule has 1 aromatic rings. The highest BCUT2D eigenvalue weighted by Gasteiger charge is 2.23. The number of hydrogen-bond donors (Lipinski definition) is 2. The van der Waals surface area contributed by atoms with Gasteiger partial charge in [-0.25, -0.2) is 0 Å². The molecule has 0 fully saturated rings. The molecule has 0 radical (unpaired) electrons. The summed E-state index contributed by atoms with van der Waals surface area (Å²) in [7, 11) is 0. The number of phenolic OH excluding ortho intramolecular Hbond substituents is 1. The largest absolute Gasteiger partial charge is 0.507 e. The fraction of sp³-hybridized carbons (Fsp3) is 0.731. The quantitative estimate of drug-likeness (QED) is 0.310. The Morgan fingerprint density at radius 3 is 1.93 bits per heavy atom. The van der Waals surface area contributed by atoms with Gasteiger partial charge in [-0.3, -0.25) is 4.79 Å². The first-order valence-electron chi connectivity index (χ1n) is 11.7. The Morgan fingerprint density at radius 1 is 0.931 bits per heavy atom. The summed E-state index contributed by atoms with van der Waals surface area (Å²) in [5.41, 5.74) is 2.64. The van der Waals surface area contributed by atoms with E-state index >= 15 is 0 Å². The van der Waals surface area contributed by atoms with Crippen LogP contribution in [-0.4, -0.2) is 16.2 Å². The van der Waals surface area contributed by atoms with E-state index in [4.69, 9.17) is 0 Å². The minimum Gasteiger partial charge on any atom is -0.507 e. The summed E-state index contributed by atoms with van der Waals surface area (Å²) in [5, 5.41) is 19.9. The molecule has 0 aliphatic carbocycles. The molecule has 1 aromatic carbocycles. The molecule has 0 amide bonds. The van der Waals surface area contributed by atoms with Crippen molar-refractivity contribution in [2.45, 2.75) is 123 Å². The van der Waals surface area contributed by atoms with Gasteiger partial charge in [-0.2, -0.15) is 0 Å². The maximum Gasteiger partial charge on any atom is 0.303 e. The van der Waals surface area contributed by atoms with E-state index in [1.54, 1.807) is 0 Å². The Kier molecular flexibility index (Phi) is 11.4. The van der Waals surface area contributed by atoms with Gasteiger partial charge in [-0.15, -0.1) is 0 Å². The lowest BCUT2D eigenvalue weighted by Crippen LogP contribution is -2.14. The van der Waals surface area contributed by atoms with E-state index in [1.807, 2.05) is 19.1 Å². The summed E-state index contributed by atoms with van der Waals surface area (Å²) in [6, 6.07) is 4.01. The molecule has 0 heterocycles. The predicted molar refractivity (Wildman–Crippen MR) is 123 cm³/mol. The molecule has 3 heteroatoms. The van der Waals surface area contributed by atoms with Crippen LogP contribution in [-0.2, 0) is 10.2 Å². The number of carbonyl (C=O) groups is 1. The Morgan fingerprint density at radius 2 is 1.45 bits per heavy atom. The highest BCUT2D eigenvalue weighted by molar-refractivity contribution is 5.68. The third kappa shape index (κ3) is 9.69. The van der Waals surface area contributed by atoms with Crippen LogP contribution in [0.15, 0.2) is 12.1 Å². The number of phenols is 1. The molecule has 166 valence electrons. The average molecular weight is 405 g/mol. The van der Waals surface area contributed by atoms with E-state index < -0.39 is 5.97 Å². The summed E-state index contributed by atoms with van der Waals surface area (Å²) in [4.78, 5) is 11.4. The molecule has 29 heavy (non-hydrogen) atoms. The second-order valence-electron chi connectivity index (χ2n) is 9.75. The lowest BCUT2D eigenvalue weighted by Gasteiger charge is -2.25. The summed E-state index contributed by atoms with van der Waals surface area (Å²) in [6.07, 6.45) is 13.9. The molecular formula is C26H44O3. The van der Waals surface area contributed by atoms with E-state index in [2.05, 4.69) is 27.7 Å². The number of unbranched alkanes of at least 4 members (excludes halogenated alkanes) is 9. The molecule has 3 nitrogen and oxygen atoms in total. The van der Waals surface area contributed by atoms with Crippen LogP contribution in [0.1, 0.15) is 127 Å². The van der Waals surface area contributed by atoms with Crippen LogP contribution < -0.4 is 0 Å². The smallest absolute Gasteiger partial charge is 0.303 e. The molecule has 2 N–H and O–H groups in total. The van der Waals surface area contributed by atoms with Crippen LogP contribution in [0.4, 0.5) is 0 Å². The van der Waals surface area contributed by atoms with Crippen molar-refractivity contribution in [2.75, 3.05) is 0 Å². The van der Waals surface area contributed by atoms with Gasteiger partial charge in [0.15, 0.2) is 0 Å². The first-order chi connectivity index (χ1) is 13.7. The van der Waals surface area contributed by atoms with Crippen LogP contribution >= 0.6 is 0 Å². The Bertz CT molecular complexity index is 613. The fourth-order valence-electron chi connectivity index (χ4n) is 4.09. The fourth-order valence-corrected chi connectivity index (χ4v) is 4.09. The summed E-state index contributed by atoms with van der Waals surface area (Å²) in [6.45, 7) is 10.4. The first kappa shape index (κ1) is 25.5. The van der Waals surface area contributed by atoms with Gasteiger partial charge < -0.3 is 10.2 Å². The number of aliphatic carboxylic acids is 1. The molecule has 1 rings (SSSR count). The molecule has 0 bridgehead atoms. The molecule has 0 saturated heterocycles. The average Bonchev–Trinajstić information content (AvgIpc) is 2.63. The van der Waals surface area contributed by atoms with Gasteiger partial charge in [0, 0.05) is 0 Å². The van der Waals surface area contributed by atoms with Gasteiger partial charge in [-0.1, -0.05) is 104 Å². The Hall–Kier alpha value is -1.51. The van der Waals surface area contributed by atoms with Crippen molar-refractivity contribution in [1.82, 2.24) is 0 Å². The Balaban J connectivity index is 2.59. The van der Waals surface area contributed by atoms with Gasteiger partial charge in [-0.05, 0) is 41.4 Å². The predicted octanol–water partition coefficient (Wildman–Crippen LogP) is 7.87. The number of benzene rings is 1. The second-order valence-corrected chi connectivity index (χ2v) is 9.75. The molecule has 0 spiro atoms. The zero-order chi connectivity index (χ0) is 21.9. The third-order valence-electron chi connectivity index (χ3n) is 5.93. The maximum absolute atomic E-state index is 11.4. The lowest BCUT2D eigenvalue weighted by molar-refractivity contribution is -0.137. The molecule has 0 aliphatic heterocycles. The Labute approximate surface area is 178 Å². The number of carboxylic acid groups (broad SMARTS) is 1. The molecule has 0 saturated carbocycles. The molecular weight excluding hydrogens is 360 g/mol. The zero-order valence-corrected chi connectivity index (χ0v) is 19.5. The van der Waals surface area contributed by atoms with Gasteiger partial charge in [0.25, 0.3) is 0 Å². The molecule has 0 aliphatic rings. The third-order valence-corrected chi connectivity index (χ3v) is 5.93. The zero-order valence-electron chi connectivity index (χ0n) is 19.5. The lowest BCUT2D eigenvalue weighted by atomic mass is 9.81. The van der Waals surface area contributed by atoms with Crippen LogP contribution in [0.2, 0.25) is 0 Å². The van der Waals surface area contributed by atoms with Crippen LogP contribution in [0.5, 0.6) is 5.75 Å². The number of aromatic hydroxyl groups is 1. The molecule has 1 unspecified atom stereocenters. The minimum absolute atomic E-state index is 0.0157. The van der Waals surface area contributed by atoms with Crippen molar-refractivity contribution < 1.29 is 15.0 Å². The van der Waals surface area contributed by atoms with Crippen molar-refractivity contribution in [2.24, 2.45) is 0 Å². The van der Waals surface area contributed by atoms with Gasteiger partial charge in [0.2, 0.25) is 0 Å². The summed E-state index contributed by atoms with van der Waals surface area (Å²) < 4.78 is 0. The van der Waals surface area contributed by atoms with Crippen LogP contribution in [0.25, 0.3) is 0 Å². The minimum atomic E-state index is -0.745. The normalized spacial score (nSPS) is 12.9. The number of aryl methyl sites for hydroxylation is 1. The maximum atomic E-state index is 11.4.